The highest BCUT2D eigenvalue weighted by Gasteiger charge is 2.24. The van der Waals surface area contributed by atoms with Crippen LogP contribution in [0.15, 0.2) is 42.0 Å². The van der Waals surface area contributed by atoms with Gasteiger partial charge in [0.1, 0.15) is 11.6 Å². The number of likely N-dealkylation sites (N-methyl/N-ethyl adjacent to an activating group) is 1. The smallest absolute Gasteiger partial charge is 0.264 e. The average molecular weight is 298 g/mol. The molecule has 0 aliphatic heterocycles. The van der Waals surface area contributed by atoms with Gasteiger partial charge in [0.25, 0.3) is 5.91 Å². The number of hydrogen-bond acceptors (Lipinski definition) is 2. The lowest BCUT2D eigenvalue weighted by molar-refractivity contribution is -0.127. The maximum absolute atomic E-state index is 12.7. The van der Waals surface area contributed by atoms with Crippen molar-refractivity contribution in [3.05, 3.63) is 47.5 Å². The quantitative estimate of drug-likeness (QED) is 0.594. The molecule has 0 N–H and O–H groups in total. The van der Waals surface area contributed by atoms with Crippen molar-refractivity contribution in [3.63, 3.8) is 0 Å². The van der Waals surface area contributed by atoms with Crippen molar-refractivity contribution in [1.82, 2.24) is 4.90 Å². The van der Waals surface area contributed by atoms with Crippen LogP contribution in [0.3, 0.4) is 0 Å². The van der Waals surface area contributed by atoms with Gasteiger partial charge in [-0.05, 0) is 17.4 Å². The minimum Gasteiger partial charge on any atom is -0.334 e. The minimum absolute atomic E-state index is 0.00424. The third-order valence-electron chi connectivity index (χ3n) is 3.46. The van der Waals surface area contributed by atoms with E-state index in [9.17, 15) is 10.1 Å². The minimum atomic E-state index is -0.209. The highest BCUT2D eigenvalue weighted by Crippen LogP contribution is 2.26. The molecule has 1 aromatic rings. The van der Waals surface area contributed by atoms with Gasteiger partial charge >= 0.3 is 0 Å². The third kappa shape index (κ3) is 5.04. The Bertz CT molecular complexity index is 561. The van der Waals surface area contributed by atoms with Gasteiger partial charge in [-0.15, -0.1) is 0 Å². The van der Waals surface area contributed by atoms with E-state index in [0.29, 0.717) is 0 Å². The molecule has 1 atom stereocenters. The molecule has 118 valence electrons. The summed E-state index contributed by atoms with van der Waals surface area (Å²) < 4.78 is 0. The third-order valence-corrected chi connectivity index (χ3v) is 3.46. The normalized spacial score (nSPS) is 13.4. The van der Waals surface area contributed by atoms with Crippen molar-refractivity contribution in [2.45, 2.75) is 46.6 Å². The lowest BCUT2D eigenvalue weighted by Gasteiger charge is -2.29. The van der Waals surface area contributed by atoms with Crippen molar-refractivity contribution in [3.8, 4) is 6.07 Å². The first-order valence-electron chi connectivity index (χ1n) is 7.75. The number of nitrogens with zero attached hydrogens (tertiary/aromatic N) is 2. The molecule has 1 amide bonds. The molecule has 0 spiro atoms. The number of rotatable bonds is 5. The number of allylic oxidation sites excluding steroid dienone is 1. The van der Waals surface area contributed by atoms with Crippen LogP contribution in [0.5, 0.6) is 0 Å². The molecule has 1 unspecified atom stereocenters. The van der Waals surface area contributed by atoms with Crippen LogP contribution in [0.1, 0.15) is 52.1 Å². The molecule has 0 saturated carbocycles. The Kier molecular flexibility index (Phi) is 6.37. The fourth-order valence-corrected chi connectivity index (χ4v) is 2.44. The van der Waals surface area contributed by atoms with Gasteiger partial charge < -0.3 is 4.90 Å². The van der Waals surface area contributed by atoms with Gasteiger partial charge in [0.15, 0.2) is 0 Å². The molecule has 0 aliphatic rings. The maximum atomic E-state index is 12.7. The van der Waals surface area contributed by atoms with Crippen molar-refractivity contribution in [1.29, 1.82) is 5.26 Å². The molecule has 0 heterocycles. The highest BCUT2D eigenvalue weighted by atomic mass is 16.2. The number of nitriles is 1. The van der Waals surface area contributed by atoms with Gasteiger partial charge in [-0.25, -0.2) is 0 Å². The standard InChI is InChI=1S/C19H26N2O/c1-6-10-17(15-11-8-7-9-12-15)21(5)18(22)16(14-20)13-19(2,3)4/h7-9,11-13,17H,6,10H2,1-5H3/b16-13+. The Morgan fingerprint density at radius 3 is 2.36 bits per heavy atom. The first-order valence-corrected chi connectivity index (χ1v) is 7.75. The Hall–Kier alpha value is -2.08. The molecule has 1 aromatic carbocycles. The molecule has 0 aromatic heterocycles. The zero-order valence-corrected chi connectivity index (χ0v) is 14.3. The summed E-state index contributed by atoms with van der Waals surface area (Å²) in [5, 5.41) is 9.33. The van der Waals surface area contributed by atoms with E-state index >= 15 is 0 Å². The largest absolute Gasteiger partial charge is 0.334 e. The van der Waals surface area contributed by atoms with E-state index in [-0.39, 0.29) is 22.9 Å². The predicted molar refractivity (Wildman–Crippen MR) is 90.0 cm³/mol. The van der Waals surface area contributed by atoms with E-state index in [1.54, 1.807) is 18.0 Å². The van der Waals surface area contributed by atoms with Gasteiger partial charge in [0.05, 0.1) is 6.04 Å². The average Bonchev–Trinajstić information content (AvgIpc) is 2.49. The van der Waals surface area contributed by atoms with Crippen LogP contribution in [-0.4, -0.2) is 17.9 Å². The molecular formula is C19H26N2O. The van der Waals surface area contributed by atoms with Crippen molar-refractivity contribution in [2.75, 3.05) is 7.05 Å². The first-order chi connectivity index (χ1) is 10.3. The summed E-state index contributed by atoms with van der Waals surface area (Å²) in [6, 6.07) is 12.0. The van der Waals surface area contributed by atoms with Gasteiger partial charge in [-0.1, -0.05) is 70.5 Å². The second-order valence-electron chi connectivity index (χ2n) is 6.67. The summed E-state index contributed by atoms with van der Waals surface area (Å²) in [7, 11) is 1.78. The molecule has 3 nitrogen and oxygen atoms in total. The Balaban J connectivity index is 3.09. The molecule has 0 radical (unpaired) electrons. The van der Waals surface area contributed by atoms with E-state index in [1.165, 1.54) is 0 Å². The van der Waals surface area contributed by atoms with Crippen LogP contribution in [0.4, 0.5) is 0 Å². The van der Waals surface area contributed by atoms with E-state index in [2.05, 4.69) is 13.0 Å². The second kappa shape index (κ2) is 7.79. The summed E-state index contributed by atoms with van der Waals surface area (Å²) in [6.45, 7) is 8.06. The van der Waals surface area contributed by atoms with Crippen molar-refractivity contribution >= 4 is 5.91 Å². The van der Waals surface area contributed by atoms with Crippen molar-refractivity contribution < 1.29 is 4.79 Å². The number of carbonyl (C=O) groups is 1. The molecule has 22 heavy (non-hydrogen) atoms. The van der Waals surface area contributed by atoms with Crippen LogP contribution in [0.2, 0.25) is 0 Å². The van der Waals surface area contributed by atoms with E-state index < -0.39 is 0 Å². The second-order valence-corrected chi connectivity index (χ2v) is 6.67. The lowest BCUT2D eigenvalue weighted by Crippen LogP contribution is -2.32. The molecule has 0 bridgehead atoms. The Morgan fingerprint density at radius 1 is 1.32 bits per heavy atom. The number of benzene rings is 1. The monoisotopic (exact) mass is 298 g/mol. The van der Waals surface area contributed by atoms with Crippen LogP contribution in [0, 0.1) is 16.7 Å². The van der Waals surface area contributed by atoms with Gasteiger partial charge in [-0.2, -0.15) is 5.26 Å². The summed E-state index contributed by atoms with van der Waals surface area (Å²) in [5.74, 6) is -0.209. The van der Waals surface area contributed by atoms with Crippen LogP contribution in [-0.2, 0) is 4.79 Å². The van der Waals surface area contributed by atoms with Crippen LogP contribution < -0.4 is 0 Å². The van der Waals surface area contributed by atoms with Gasteiger partial charge in [-0.3, -0.25) is 4.79 Å². The zero-order valence-electron chi connectivity index (χ0n) is 14.3. The molecule has 1 rings (SSSR count). The molecule has 3 heteroatoms. The summed E-state index contributed by atoms with van der Waals surface area (Å²) in [4.78, 5) is 14.4. The lowest BCUT2D eigenvalue weighted by atomic mass is 9.93. The van der Waals surface area contributed by atoms with E-state index in [4.69, 9.17) is 0 Å². The molecule has 0 fully saturated rings. The number of carbonyl (C=O) groups excluding carboxylic acids is 1. The first kappa shape index (κ1) is 18.0. The van der Waals surface area contributed by atoms with E-state index in [0.717, 1.165) is 18.4 Å². The van der Waals surface area contributed by atoms with Crippen LogP contribution in [0.25, 0.3) is 0 Å². The van der Waals surface area contributed by atoms with Gasteiger partial charge in [0.2, 0.25) is 0 Å². The number of amides is 1. The molecular weight excluding hydrogens is 272 g/mol. The highest BCUT2D eigenvalue weighted by molar-refractivity contribution is 5.97. The SMILES string of the molecule is CCCC(c1ccccc1)N(C)C(=O)/C(C#N)=C/C(C)(C)C. The predicted octanol–water partition coefficient (Wildman–Crippen LogP) is 4.48. The van der Waals surface area contributed by atoms with Crippen LogP contribution >= 0.6 is 0 Å². The summed E-state index contributed by atoms with van der Waals surface area (Å²) in [5.41, 5.74) is 1.12. The van der Waals surface area contributed by atoms with Crippen molar-refractivity contribution in [2.24, 2.45) is 5.41 Å². The summed E-state index contributed by atoms with van der Waals surface area (Å²) >= 11 is 0. The number of hydrogen-bond donors (Lipinski definition) is 0. The fraction of sp³-hybridized carbons (Fsp3) is 0.474. The topological polar surface area (TPSA) is 44.1 Å². The van der Waals surface area contributed by atoms with E-state index in [1.807, 2.05) is 51.1 Å². The summed E-state index contributed by atoms with van der Waals surface area (Å²) in [6.07, 6.45) is 3.60. The Labute approximate surface area is 134 Å². The molecule has 0 aliphatic carbocycles. The zero-order chi connectivity index (χ0) is 16.8. The van der Waals surface area contributed by atoms with Gasteiger partial charge in [0, 0.05) is 7.05 Å². The fourth-order valence-electron chi connectivity index (χ4n) is 2.44. The maximum Gasteiger partial charge on any atom is 0.264 e. The Morgan fingerprint density at radius 2 is 1.91 bits per heavy atom. The molecule has 0 saturated heterocycles.